The average molecular weight is 278 g/mol. The Kier molecular flexibility index (Phi) is 5.21. The van der Waals surface area contributed by atoms with Crippen LogP contribution in [0.15, 0.2) is 18.3 Å². The van der Waals surface area contributed by atoms with Crippen molar-refractivity contribution in [1.82, 2.24) is 9.88 Å². The van der Waals surface area contributed by atoms with Gasteiger partial charge in [-0.15, -0.1) is 0 Å². The van der Waals surface area contributed by atoms with Crippen LogP contribution in [0.4, 0.5) is 0 Å². The van der Waals surface area contributed by atoms with E-state index in [-0.39, 0.29) is 17.8 Å². The third-order valence-electron chi connectivity index (χ3n) is 3.74. The molecule has 0 saturated carbocycles. The Morgan fingerprint density at radius 1 is 1.40 bits per heavy atom. The number of aryl methyl sites for hydroxylation is 1. The van der Waals surface area contributed by atoms with Crippen LogP contribution in [-0.2, 0) is 20.7 Å². The quantitative estimate of drug-likeness (QED) is 0.835. The van der Waals surface area contributed by atoms with Crippen LogP contribution in [0.3, 0.4) is 0 Å². The Morgan fingerprint density at radius 2 is 2.15 bits per heavy atom. The van der Waals surface area contributed by atoms with Gasteiger partial charge in [-0.2, -0.15) is 0 Å². The van der Waals surface area contributed by atoms with Crippen molar-refractivity contribution >= 4 is 11.9 Å². The van der Waals surface area contributed by atoms with Crippen molar-refractivity contribution in [2.24, 2.45) is 5.92 Å². The van der Waals surface area contributed by atoms with Gasteiger partial charge in [0, 0.05) is 31.4 Å². The Balaban J connectivity index is 1.73. The monoisotopic (exact) mass is 278 g/mol. The van der Waals surface area contributed by atoms with E-state index in [0.717, 1.165) is 12.1 Å². The van der Waals surface area contributed by atoms with Gasteiger partial charge in [-0.1, -0.05) is 0 Å². The molecule has 0 aromatic carbocycles. The Morgan fingerprint density at radius 3 is 2.75 bits per heavy atom. The van der Waals surface area contributed by atoms with Crippen LogP contribution in [0.1, 0.15) is 31.9 Å². The fourth-order valence-electron chi connectivity index (χ4n) is 2.55. The second-order valence-electron chi connectivity index (χ2n) is 5.10. The number of aromatic nitrogens is 1. The van der Waals surface area contributed by atoms with Gasteiger partial charge in [0.05, 0.1) is 12.5 Å². The number of nitrogens with zero attached hydrogens (tertiary/aromatic N) is 1. The lowest BCUT2D eigenvalue weighted by Crippen LogP contribution is -2.40. The first kappa shape index (κ1) is 14.6. The van der Waals surface area contributed by atoms with Crippen molar-refractivity contribution in [2.75, 3.05) is 19.7 Å². The molecule has 0 unspecified atom stereocenters. The molecule has 1 saturated heterocycles. The topological polar surface area (TPSA) is 62.4 Å². The molecule has 0 atom stereocenters. The van der Waals surface area contributed by atoms with Crippen molar-refractivity contribution in [2.45, 2.75) is 32.6 Å². The summed E-state index contributed by atoms with van der Waals surface area (Å²) in [6.45, 7) is 3.56. The smallest absolute Gasteiger partial charge is 0.309 e. The van der Waals surface area contributed by atoms with Crippen LogP contribution >= 0.6 is 0 Å². The molecule has 1 amide bonds. The van der Waals surface area contributed by atoms with Crippen molar-refractivity contribution in [1.29, 1.82) is 0 Å². The van der Waals surface area contributed by atoms with Crippen LogP contribution in [-0.4, -0.2) is 41.5 Å². The molecule has 110 valence electrons. The van der Waals surface area contributed by atoms with Gasteiger partial charge in [-0.25, -0.2) is 0 Å². The summed E-state index contributed by atoms with van der Waals surface area (Å²) in [5.74, 6) is 0.00954. The van der Waals surface area contributed by atoms with Crippen LogP contribution in [0.25, 0.3) is 0 Å². The highest BCUT2D eigenvalue weighted by Gasteiger charge is 2.27. The zero-order valence-corrected chi connectivity index (χ0v) is 11.9. The van der Waals surface area contributed by atoms with Crippen molar-refractivity contribution in [3.63, 3.8) is 0 Å². The predicted octanol–water partition coefficient (Wildman–Crippen LogP) is 1.75. The molecule has 1 aliphatic rings. The van der Waals surface area contributed by atoms with Gasteiger partial charge in [0.1, 0.15) is 0 Å². The van der Waals surface area contributed by atoms with Crippen molar-refractivity contribution in [3.05, 3.63) is 24.0 Å². The van der Waals surface area contributed by atoms with Crippen LogP contribution < -0.4 is 0 Å². The van der Waals surface area contributed by atoms with E-state index in [1.165, 1.54) is 0 Å². The van der Waals surface area contributed by atoms with E-state index >= 15 is 0 Å². The van der Waals surface area contributed by atoms with E-state index in [0.29, 0.717) is 39.0 Å². The predicted molar refractivity (Wildman–Crippen MR) is 75.1 cm³/mol. The second kappa shape index (κ2) is 7.12. The van der Waals surface area contributed by atoms with E-state index in [1.807, 2.05) is 30.2 Å². The third kappa shape index (κ3) is 3.85. The minimum Gasteiger partial charge on any atom is -0.466 e. The van der Waals surface area contributed by atoms with Crippen LogP contribution in [0.2, 0.25) is 0 Å². The number of carbonyl (C=O) groups is 2. The number of aromatic amines is 1. The third-order valence-corrected chi connectivity index (χ3v) is 3.74. The number of piperidine rings is 1. The molecule has 2 rings (SSSR count). The summed E-state index contributed by atoms with van der Waals surface area (Å²) in [5, 5.41) is 0. The maximum absolute atomic E-state index is 12.1. The number of ether oxygens (including phenoxy) is 1. The Bertz CT molecular complexity index is 434. The highest BCUT2D eigenvalue weighted by Crippen LogP contribution is 2.19. The number of hydrogen-bond acceptors (Lipinski definition) is 3. The molecule has 0 spiro atoms. The van der Waals surface area contributed by atoms with Gasteiger partial charge in [0.2, 0.25) is 5.91 Å². The molecule has 0 bridgehead atoms. The van der Waals surface area contributed by atoms with Crippen molar-refractivity contribution in [3.8, 4) is 0 Å². The number of H-pyrrole nitrogens is 1. The fourth-order valence-corrected chi connectivity index (χ4v) is 2.55. The number of nitrogens with one attached hydrogen (secondary N) is 1. The number of carbonyl (C=O) groups excluding carboxylic acids is 2. The molecular weight excluding hydrogens is 256 g/mol. The molecule has 1 aromatic rings. The lowest BCUT2D eigenvalue weighted by molar-refractivity contribution is -0.151. The summed E-state index contributed by atoms with van der Waals surface area (Å²) in [4.78, 5) is 28.7. The van der Waals surface area contributed by atoms with E-state index in [2.05, 4.69) is 4.98 Å². The summed E-state index contributed by atoms with van der Waals surface area (Å²) in [7, 11) is 0. The van der Waals surface area contributed by atoms with Gasteiger partial charge in [0.25, 0.3) is 0 Å². The first-order valence-electron chi connectivity index (χ1n) is 7.27. The van der Waals surface area contributed by atoms with E-state index in [1.54, 1.807) is 0 Å². The number of likely N-dealkylation sites (tertiary alicyclic amines) is 1. The summed E-state index contributed by atoms with van der Waals surface area (Å²) in [6.07, 6.45) is 4.55. The standard InChI is InChI=1S/C15H22N2O3/c1-2-20-15(19)12-7-10-17(11-8-12)14(18)6-5-13-4-3-9-16-13/h3-4,9,12,16H,2,5-8,10-11H2,1H3. The molecule has 0 radical (unpaired) electrons. The molecule has 0 aliphatic carbocycles. The highest BCUT2D eigenvalue weighted by molar-refractivity contribution is 5.77. The maximum atomic E-state index is 12.1. The average Bonchev–Trinajstić information content (AvgIpc) is 2.98. The molecule has 2 heterocycles. The zero-order chi connectivity index (χ0) is 14.4. The van der Waals surface area contributed by atoms with E-state index in [9.17, 15) is 9.59 Å². The minimum atomic E-state index is -0.119. The molecule has 1 aliphatic heterocycles. The van der Waals surface area contributed by atoms with Gasteiger partial charge >= 0.3 is 5.97 Å². The van der Waals surface area contributed by atoms with E-state index < -0.39 is 0 Å². The molecular formula is C15H22N2O3. The highest BCUT2D eigenvalue weighted by atomic mass is 16.5. The first-order valence-corrected chi connectivity index (χ1v) is 7.27. The summed E-state index contributed by atoms with van der Waals surface area (Å²) in [5.41, 5.74) is 1.08. The van der Waals surface area contributed by atoms with Gasteiger partial charge in [-0.05, 0) is 38.3 Å². The normalized spacial score (nSPS) is 16.1. The molecule has 5 heteroatoms. The fraction of sp³-hybridized carbons (Fsp3) is 0.600. The summed E-state index contributed by atoms with van der Waals surface area (Å²) < 4.78 is 5.03. The number of esters is 1. The van der Waals surface area contributed by atoms with Crippen LogP contribution in [0, 0.1) is 5.92 Å². The molecule has 1 N–H and O–H groups in total. The van der Waals surface area contributed by atoms with Gasteiger partial charge in [0.15, 0.2) is 0 Å². The summed E-state index contributed by atoms with van der Waals surface area (Å²) in [6, 6.07) is 3.92. The number of hydrogen-bond donors (Lipinski definition) is 1. The zero-order valence-electron chi connectivity index (χ0n) is 11.9. The van der Waals surface area contributed by atoms with Gasteiger partial charge in [-0.3, -0.25) is 9.59 Å². The van der Waals surface area contributed by atoms with Gasteiger partial charge < -0.3 is 14.6 Å². The lowest BCUT2D eigenvalue weighted by atomic mass is 9.96. The first-order chi connectivity index (χ1) is 9.70. The minimum absolute atomic E-state index is 0.0394. The molecule has 20 heavy (non-hydrogen) atoms. The van der Waals surface area contributed by atoms with Crippen molar-refractivity contribution < 1.29 is 14.3 Å². The lowest BCUT2D eigenvalue weighted by Gasteiger charge is -2.30. The maximum Gasteiger partial charge on any atom is 0.309 e. The SMILES string of the molecule is CCOC(=O)C1CCN(C(=O)CCc2ccc[nH]2)CC1. The second-order valence-corrected chi connectivity index (χ2v) is 5.10. The van der Waals surface area contributed by atoms with E-state index in [4.69, 9.17) is 4.74 Å². The summed E-state index contributed by atoms with van der Waals surface area (Å²) >= 11 is 0. The number of rotatable bonds is 5. The molecule has 1 fully saturated rings. The largest absolute Gasteiger partial charge is 0.466 e. The molecule has 5 nitrogen and oxygen atoms in total. The molecule has 1 aromatic heterocycles. The van der Waals surface area contributed by atoms with Crippen LogP contribution in [0.5, 0.6) is 0 Å². The number of amides is 1. The Labute approximate surface area is 119 Å². The Hall–Kier alpha value is -1.78.